The number of carbonyl (C=O) groups excluding carboxylic acids is 4. The van der Waals surface area contributed by atoms with Crippen LogP contribution < -0.4 is 20.9 Å². The number of piperazine rings is 1. The number of aromatic amines is 1. The molecule has 0 bridgehead atoms. The van der Waals surface area contributed by atoms with E-state index in [2.05, 4.69) is 47.9 Å². The smallest absolute Gasteiger partial charge is 0.253 e. The number of hydrogen-bond donors (Lipinski definition) is 4. The molecule has 4 N–H and O–H groups in total. The van der Waals surface area contributed by atoms with Crippen molar-refractivity contribution in [2.75, 3.05) is 44.2 Å². The van der Waals surface area contributed by atoms with Gasteiger partial charge in [0.1, 0.15) is 5.82 Å². The molecule has 4 amide bonds. The van der Waals surface area contributed by atoms with Crippen LogP contribution >= 0.6 is 0 Å². The van der Waals surface area contributed by atoms with Gasteiger partial charge < -0.3 is 20.5 Å². The Labute approximate surface area is 307 Å². The second-order valence-corrected chi connectivity index (χ2v) is 14.8. The molecule has 2 aromatic heterocycles. The molecule has 4 aromatic rings. The van der Waals surface area contributed by atoms with Gasteiger partial charge in [0.15, 0.2) is 0 Å². The van der Waals surface area contributed by atoms with Crippen LogP contribution in [0.5, 0.6) is 0 Å². The first-order valence-electron chi connectivity index (χ1n) is 18.8. The number of benzene rings is 2. The first kappa shape index (κ1) is 34.7. The van der Waals surface area contributed by atoms with E-state index in [0.717, 1.165) is 93.0 Å². The first-order valence-corrected chi connectivity index (χ1v) is 18.8. The van der Waals surface area contributed by atoms with Gasteiger partial charge in [0.25, 0.3) is 11.8 Å². The maximum atomic E-state index is 15.4. The van der Waals surface area contributed by atoms with Gasteiger partial charge in [0.2, 0.25) is 11.8 Å². The van der Waals surface area contributed by atoms with Gasteiger partial charge in [-0.25, -0.2) is 4.39 Å². The molecular formula is C41H44FN7O4. The van der Waals surface area contributed by atoms with Crippen molar-refractivity contribution in [3.05, 3.63) is 95.1 Å². The summed E-state index contributed by atoms with van der Waals surface area (Å²) in [5.41, 5.74) is 6.24. The van der Waals surface area contributed by atoms with Crippen LogP contribution in [-0.2, 0) is 16.0 Å². The molecule has 2 saturated heterocycles. The van der Waals surface area contributed by atoms with Gasteiger partial charge in [0, 0.05) is 98.1 Å². The van der Waals surface area contributed by atoms with Crippen LogP contribution in [-0.4, -0.2) is 83.8 Å². The zero-order chi connectivity index (χ0) is 36.5. The van der Waals surface area contributed by atoms with Crippen LogP contribution in [0.15, 0.2) is 66.9 Å². The lowest BCUT2D eigenvalue weighted by atomic mass is 9.85. The third kappa shape index (κ3) is 7.59. The fourth-order valence-electron chi connectivity index (χ4n) is 8.30. The van der Waals surface area contributed by atoms with Crippen molar-refractivity contribution in [3.63, 3.8) is 0 Å². The molecule has 2 aromatic carbocycles. The number of nitrogens with one attached hydrogen (secondary N) is 4. The lowest BCUT2D eigenvalue weighted by molar-refractivity contribution is -0.134. The van der Waals surface area contributed by atoms with Crippen molar-refractivity contribution >= 4 is 29.3 Å². The number of rotatable bonds is 8. The molecule has 1 unspecified atom stereocenters. The quantitative estimate of drug-likeness (QED) is 0.192. The number of carbonyl (C=O) groups is 4. The van der Waals surface area contributed by atoms with Crippen LogP contribution in [0.1, 0.15) is 76.4 Å². The molecule has 3 aliphatic heterocycles. The van der Waals surface area contributed by atoms with E-state index >= 15 is 4.39 Å². The van der Waals surface area contributed by atoms with Crippen molar-refractivity contribution in [2.24, 2.45) is 5.92 Å². The van der Waals surface area contributed by atoms with Crippen LogP contribution in [0.4, 0.5) is 10.1 Å². The van der Waals surface area contributed by atoms with Crippen LogP contribution in [0.25, 0.3) is 22.5 Å². The molecule has 4 aliphatic rings. The summed E-state index contributed by atoms with van der Waals surface area (Å²) in [4.78, 5) is 61.8. The number of imide groups is 1. The molecule has 1 aliphatic carbocycles. The minimum Gasteiger partial charge on any atom is -0.369 e. The maximum Gasteiger partial charge on any atom is 0.253 e. The van der Waals surface area contributed by atoms with Crippen molar-refractivity contribution in [2.45, 2.75) is 56.9 Å². The Morgan fingerprint density at radius 2 is 1.66 bits per heavy atom. The Morgan fingerprint density at radius 1 is 0.868 bits per heavy atom. The molecule has 1 saturated carbocycles. The van der Waals surface area contributed by atoms with Crippen LogP contribution in [0.2, 0.25) is 0 Å². The molecule has 53 heavy (non-hydrogen) atoms. The Bertz CT molecular complexity index is 2030. The predicted molar refractivity (Wildman–Crippen MR) is 199 cm³/mol. The summed E-state index contributed by atoms with van der Waals surface area (Å²) in [6, 6.07) is 18.2. The van der Waals surface area contributed by atoms with E-state index in [9.17, 15) is 19.2 Å². The van der Waals surface area contributed by atoms with Crippen LogP contribution in [0.3, 0.4) is 0 Å². The lowest BCUT2D eigenvalue weighted by Crippen LogP contribution is -2.48. The van der Waals surface area contributed by atoms with E-state index in [0.29, 0.717) is 42.1 Å². The number of anilines is 1. The topological polar surface area (TPSA) is 140 Å². The monoisotopic (exact) mass is 717 g/mol. The molecule has 8 rings (SSSR count). The van der Waals surface area contributed by atoms with Crippen molar-refractivity contribution < 1.29 is 23.6 Å². The molecule has 3 fully saturated rings. The highest BCUT2D eigenvalue weighted by Gasteiger charge is 2.29. The molecule has 0 radical (unpaired) electrons. The number of fused-ring (bicyclic) bond motifs is 1. The Morgan fingerprint density at radius 3 is 2.40 bits per heavy atom. The van der Waals surface area contributed by atoms with E-state index < -0.39 is 5.82 Å². The Hall–Kier alpha value is -5.36. The summed E-state index contributed by atoms with van der Waals surface area (Å²) >= 11 is 0. The van der Waals surface area contributed by atoms with Gasteiger partial charge in [-0.15, -0.1) is 0 Å². The minimum absolute atomic E-state index is 0.0635. The van der Waals surface area contributed by atoms with Gasteiger partial charge >= 0.3 is 0 Å². The molecular weight excluding hydrogens is 673 g/mol. The number of aromatic nitrogens is 2. The normalized spacial score (nSPS) is 22.2. The highest BCUT2D eigenvalue weighted by molar-refractivity contribution is 6.01. The van der Waals surface area contributed by atoms with Gasteiger partial charge in [0.05, 0.1) is 17.2 Å². The summed E-state index contributed by atoms with van der Waals surface area (Å²) in [6.07, 6.45) is 7.16. The van der Waals surface area contributed by atoms with Crippen LogP contribution in [0, 0.1) is 11.7 Å². The summed E-state index contributed by atoms with van der Waals surface area (Å²) in [5.74, 6) is -0.965. The number of halogens is 1. The third-order valence-electron chi connectivity index (χ3n) is 11.4. The Balaban J connectivity index is 0.795. The van der Waals surface area contributed by atoms with E-state index in [-0.39, 0.29) is 41.2 Å². The summed E-state index contributed by atoms with van der Waals surface area (Å²) in [7, 11) is 0. The number of H-pyrrole nitrogens is 1. The number of piperidine rings is 1. The highest BCUT2D eigenvalue weighted by atomic mass is 19.1. The molecule has 274 valence electrons. The molecule has 12 heteroatoms. The van der Waals surface area contributed by atoms with Gasteiger partial charge in [-0.3, -0.25) is 34.4 Å². The number of nitrogens with zero attached hydrogens (tertiary/aromatic N) is 3. The standard InChI is InChI=1S/C41H44FN7O4/c42-34-21-28(5-10-32(34)37-22-27(13-15-43-37)36-23-33-35(46-36)14-16-44-40(33)52)39(51)45-29-6-1-25(2-7-29)24-48-17-19-49(20-18-48)30-8-3-26(4-9-30)31-11-12-38(50)47-41(31)53/h3-5,8-10,13,15,21-23,25,29,31,46H,1-2,6-7,11-12,14,16-20,24H2,(H,44,52)(H,45,51)(H,47,50,53)/t25-,29-,31?. The van der Waals surface area contributed by atoms with Gasteiger partial charge in [-0.2, -0.15) is 0 Å². The zero-order valence-electron chi connectivity index (χ0n) is 29.6. The largest absolute Gasteiger partial charge is 0.369 e. The second-order valence-electron chi connectivity index (χ2n) is 14.8. The SMILES string of the molecule is O=C1CCC(c2ccc(N3CCN(C[C@H]4CC[C@H](NC(=O)c5ccc(-c6cc(-c7cc8c([nH]7)CCNC8=O)ccn6)c(F)c5)CC4)CC3)cc2)C(=O)N1. The zero-order valence-corrected chi connectivity index (χ0v) is 29.6. The van der Waals surface area contributed by atoms with Gasteiger partial charge in [-0.05, 0) is 92.1 Å². The molecule has 0 spiro atoms. The summed E-state index contributed by atoms with van der Waals surface area (Å²) in [5, 5.41) is 8.44. The van der Waals surface area contributed by atoms with E-state index in [1.54, 1.807) is 24.4 Å². The number of hydrogen-bond acceptors (Lipinski definition) is 7. The van der Waals surface area contributed by atoms with E-state index in [1.807, 2.05) is 24.3 Å². The van der Waals surface area contributed by atoms with E-state index in [1.165, 1.54) is 6.07 Å². The third-order valence-corrected chi connectivity index (χ3v) is 11.4. The second kappa shape index (κ2) is 14.9. The molecule has 11 nitrogen and oxygen atoms in total. The average molecular weight is 718 g/mol. The lowest BCUT2D eigenvalue weighted by Gasteiger charge is -2.39. The van der Waals surface area contributed by atoms with Gasteiger partial charge in [-0.1, -0.05) is 12.1 Å². The van der Waals surface area contributed by atoms with E-state index in [4.69, 9.17) is 0 Å². The minimum atomic E-state index is -0.513. The van der Waals surface area contributed by atoms with Crippen molar-refractivity contribution in [1.82, 2.24) is 30.8 Å². The van der Waals surface area contributed by atoms with Crippen molar-refractivity contribution in [3.8, 4) is 22.5 Å². The Kier molecular flexibility index (Phi) is 9.78. The fraction of sp³-hybridized carbons (Fsp3) is 0.390. The highest BCUT2D eigenvalue weighted by Crippen LogP contribution is 2.31. The fourth-order valence-corrected chi connectivity index (χ4v) is 8.30. The average Bonchev–Trinajstić information content (AvgIpc) is 3.62. The maximum absolute atomic E-state index is 15.4. The molecule has 5 heterocycles. The number of pyridine rings is 1. The predicted octanol–water partition coefficient (Wildman–Crippen LogP) is 4.80. The summed E-state index contributed by atoms with van der Waals surface area (Å²) in [6.45, 7) is 5.49. The van der Waals surface area contributed by atoms with Crippen molar-refractivity contribution in [1.29, 1.82) is 0 Å². The molecule has 1 atom stereocenters. The summed E-state index contributed by atoms with van der Waals surface area (Å²) < 4.78 is 15.4. The number of amides is 4. The first-order chi connectivity index (χ1) is 25.8.